The second-order valence-electron chi connectivity index (χ2n) is 6.62. The summed E-state index contributed by atoms with van der Waals surface area (Å²) in [6.45, 7) is 8.48. The lowest BCUT2D eigenvalue weighted by molar-refractivity contribution is 0.0985. The molecule has 0 bridgehead atoms. The normalized spacial score (nSPS) is 17.4. The van der Waals surface area contributed by atoms with E-state index in [0.29, 0.717) is 6.54 Å². The second-order valence-corrected chi connectivity index (χ2v) is 6.62. The van der Waals surface area contributed by atoms with E-state index >= 15 is 0 Å². The molecule has 1 heterocycles. The lowest BCUT2D eigenvalue weighted by Crippen LogP contribution is -2.49. The van der Waals surface area contributed by atoms with Crippen LogP contribution in [-0.2, 0) is 0 Å². The summed E-state index contributed by atoms with van der Waals surface area (Å²) in [6.07, 6.45) is 1.22. The molecule has 0 amide bonds. The molecule has 1 aliphatic heterocycles. The molecule has 0 radical (unpaired) electrons. The van der Waals surface area contributed by atoms with Gasteiger partial charge in [0, 0.05) is 38.8 Å². The van der Waals surface area contributed by atoms with Crippen LogP contribution in [0.4, 0.5) is 0 Å². The summed E-state index contributed by atoms with van der Waals surface area (Å²) in [7, 11) is 0. The Bertz CT molecular complexity index is 639. The number of nitrogens with two attached hydrogens (primary N) is 1. The summed E-state index contributed by atoms with van der Waals surface area (Å²) >= 11 is 0. The van der Waals surface area contributed by atoms with E-state index in [-0.39, 0.29) is 6.04 Å². The highest BCUT2D eigenvalue weighted by Crippen LogP contribution is 2.27. The fourth-order valence-corrected chi connectivity index (χ4v) is 3.52. The molecule has 25 heavy (non-hydrogen) atoms. The van der Waals surface area contributed by atoms with E-state index in [0.717, 1.165) is 37.7 Å². The zero-order chi connectivity index (χ0) is 17.5. The van der Waals surface area contributed by atoms with E-state index in [4.69, 9.17) is 10.5 Å². The van der Waals surface area contributed by atoms with Crippen molar-refractivity contribution in [2.45, 2.75) is 19.4 Å². The number of benzene rings is 2. The Morgan fingerprint density at radius 1 is 0.960 bits per heavy atom. The van der Waals surface area contributed by atoms with Crippen molar-refractivity contribution in [3.8, 4) is 11.5 Å². The predicted octanol–water partition coefficient (Wildman–Crippen LogP) is 3.51. The van der Waals surface area contributed by atoms with Crippen molar-refractivity contribution in [2.75, 3.05) is 39.3 Å². The van der Waals surface area contributed by atoms with Gasteiger partial charge in [-0.25, -0.2) is 0 Å². The van der Waals surface area contributed by atoms with Gasteiger partial charge in [0.1, 0.15) is 11.5 Å². The zero-order valence-electron chi connectivity index (χ0n) is 15.1. The van der Waals surface area contributed by atoms with Crippen LogP contribution >= 0.6 is 0 Å². The van der Waals surface area contributed by atoms with Crippen molar-refractivity contribution in [1.29, 1.82) is 0 Å². The lowest BCUT2D eigenvalue weighted by atomic mass is 10.0. The van der Waals surface area contributed by atoms with E-state index < -0.39 is 0 Å². The van der Waals surface area contributed by atoms with Crippen molar-refractivity contribution in [3.63, 3.8) is 0 Å². The molecule has 134 valence electrons. The smallest absolute Gasteiger partial charge is 0.127 e. The van der Waals surface area contributed by atoms with E-state index in [1.807, 2.05) is 36.4 Å². The quantitative estimate of drug-likeness (QED) is 0.838. The predicted molar refractivity (Wildman–Crippen MR) is 103 cm³/mol. The number of rotatable bonds is 7. The first-order valence-electron chi connectivity index (χ1n) is 9.29. The molecule has 4 nitrogen and oxygen atoms in total. The summed E-state index contributed by atoms with van der Waals surface area (Å²) in [4.78, 5) is 5.05. The van der Waals surface area contributed by atoms with Crippen molar-refractivity contribution in [1.82, 2.24) is 9.80 Å². The summed E-state index contributed by atoms with van der Waals surface area (Å²) in [5.41, 5.74) is 7.37. The monoisotopic (exact) mass is 339 g/mol. The van der Waals surface area contributed by atoms with Gasteiger partial charge >= 0.3 is 0 Å². The van der Waals surface area contributed by atoms with Gasteiger partial charge in [0.05, 0.1) is 0 Å². The van der Waals surface area contributed by atoms with E-state index in [1.165, 1.54) is 18.5 Å². The van der Waals surface area contributed by atoms with Gasteiger partial charge in [-0.15, -0.1) is 0 Å². The summed E-state index contributed by atoms with van der Waals surface area (Å²) in [5.74, 6) is 1.73. The average Bonchev–Trinajstić information content (AvgIpc) is 2.65. The maximum absolute atomic E-state index is 6.14. The number of hydrogen-bond acceptors (Lipinski definition) is 4. The van der Waals surface area contributed by atoms with Crippen molar-refractivity contribution in [3.05, 3.63) is 60.2 Å². The van der Waals surface area contributed by atoms with Crippen molar-refractivity contribution >= 4 is 0 Å². The number of ether oxygens (including phenoxy) is 1. The van der Waals surface area contributed by atoms with Gasteiger partial charge in [-0.05, 0) is 42.8 Å². The third kappa shape index (κ3) is 4.82. The molecular formula is C21H29N3O. The second kappa shape index (κ2) is 8.99. The van der Waals surface area contributed by atoms with Gasteiger partial charge in [0.25, 0.3) is 0 Å². The summed E-state index contributed by atoms with van der Waals surface area (Å²) in [5, 5.41) is 0. The molecule has 3 rings (SSSR count). The summed E-state index contributed by atoms with van der Waals surface area (Å²) in [6, 6.07) is 18.5. The fourth-order valence-electron chi connectivity index (χ4n) is 3.52. The zero-order valence-corrected chi connectivity index (χ0v) is 15.1. The number of hydrogen-bond donors (Lipinski definition) is 1. The Kier molecular flexibility index (Phi) is 6.45. The minimum absolute atomic E-state index is 0.253. The molecule has 0 aliphatic carbocycles. The average molecular weight is 339 g/mol. The maximum atomic E-state index is 6.14. The molecule has 2 aromatic carbocycles. The molecule has 2 aromatic rings. The van der Waals surface area contributed by atoms with Crippen molar-refractivity contribution < 1.29 is 4.74 Å². The highest BCUT2D eigenvalue weighted by molar-refractivity contribution is 5.35. The molecule has 1 saturated heterocycles. The lowest BCUT2D eigenvalue weighted by Gasteiger charge is -2.39. The van der Waals surface area contributed by atoms with Crippen LogP contribution < -0.4 is 10.5 Å². The third-order valence-corrected chi connectivity index (χ3v) is 4.83. The van der Waals surface area contributed by atoms with Crippen LogP contribution in [0.15, 0.2) is 54.6 Å². The van der Waals surface area contributed by atoms with Crippen LogP contribution in [-0.4, -0.2) is 49.1 Å². The molecule has 2 N–H and O–H groups in total. The Morgan fingerprint density at radius 3 is 2.36 bits per heavy atom. The van der Waals surface area contributed by atoms with Gasteiger partial charge in [-0.3, -0.25) is 4.90 Å². The van der Waals surface area contributed by atoms with Crippen LogP contribution in [0.3, 0.4) is 0 Å². The first-order valence-corrected chi connectivity index (χ1v) is 9.29. The minimum Gasteiger partial charge on any atom is -0.457 e. The number of nitrogens with zero attached hydrogens (tertiary/aromatic N) is 2. The number of piperazine rings is 1. The standard InChI is InChI=1S/C21H29N3O/c1-2-11-23-12-14-24(15-13-23)21(17-22)18-7-6-10-20(16-18)25-19-8-4-3-5-9-19/h3-10,16,21H,2,11-15,17,22H2,1H3. The van der Waals surface area contributed by atoms with Crippen LogP contribution in [0.5, 0.6) is 11.5 Å². The van der Waals surface area contributed by atoms with E-state index in [9.17, 15) is 0 Å². The van der Waals surface area contributed by atoms with E-state index in [2.05, 4.69) is 34.9 Å². The largest absolute Gasteiger partial charge is 0.457 e. The first-order chi connectivity index (χ1) is 12.3. The van der Waals surface area contributed by atoms with Gasteiger partial charge < -0.3 is 15.4 Å². The van der Waals surface area contributed by atoms with Crippen LogP contribution in [0.1, 0.15) is 24.9 Å². The molecule has 4 heteroatoms. The van der Waals surface area contributed by atoms with Crippen molar-refractivity contribution in [2.24, 2.45) is 5.73 Å². The third-order valence-electron chi connectivity index (χ3n) is 4.83. The van der Waals surface area contributed by atoms with Crippen LogP contribution in [0.25, 0.3) is 0 Å². The molecule has 1 unspecified atom stereocenters. The van der Waals surface area contributed by atoms with Gasteiger partial charge in [-0.2, -0.15) is 0 Å². The number of para-hydroxylation sites is 1. The molecule has 1 fully saturated rings. The van der Waals surface area contributed by atoms with E-state index in [1.54, 1.807) is 0 Å². The molecule has 0 spiro atoms. The molecule has 0 saturated carbocycles. The highest BCUT2D eigenvalue weighted by Gasteiger charge is 2.24. The van der Waals surface area contributed by atoms with Crippen LogP contribution in [0.2, 0.25) is 0 Å². The SMILES string of the molecule is CCCN1CCN(C(CN)c2cccc(Oc3ccccc3)c2)CC1. The Morgan fingerprint density at radius 2 is 1.68 bits per heavy atom. The molecule has 1 atom stereocenters. The Balaban J connectivity index is 1.68. The van der Waals surface area contributed by atoms with Gasteiger partial charge in [-0.1, -0.05) is 37.3 Å². The maximum Gasteiger partial charge on any atom is 0.127 e. The highest BCUT2D eigenvalue weighted by atomic mass is 16.5. The summed E-state index contributed by atoms with van der Waals surface area (Å²) < 4.78 is 5.98. The Labute approximate surface area is 151 Å². The molecular weight excluding hydrogens is 310 g/mol. The topological polar surface area (TPSA) is 41.7 Å². The molecule has 1 aliphatic rings. The molecule has 0 aromatic heterocycles. The first kappa shape index (κ1) is 17.9. The van der Waals surface area contributed by atoms with Gasteiger partial charge in [0.2, 0.25) is 0 Å². The van der Waals surface area contributed by atoms with Crippen LogP contribution in [0, 0.1) is 0 Å². The Hall–Kier alpha value is -1.88. The minimum atomic E-state index is 0.253. The van der Waals surface area contributed by atoms with Gasteiger partial charge in [0.15, 0.2) is 0 Å². The fraction of sp³-hybridized carbons (Fsp3) is 0.429.